The van der Waals surface area contributed by atoms with Crippen LogP contribution in [0.3, 0.4) is 0 Å². The van der Waals surface area contributed by atoms with Gasteiger partial charge in [0, 0.05) is 12.2 Å². The fourth-order valence-electron chi connectivity index (χ4n) is 5.94. The van der Waals surface area contributed by atoms with Crippen LogP contribution in [0.15, 0.2) is 44.8 Å². The summed E-state index contributed by atoms with van der Waals surface area (Å²) >= 11 is 0. The predicted molar refractivity (Wildman–Crippen MR) is 157 cm³/mol. The largest absolute Gasteiger partial charge is 0.465 e. The molecule has 1 N–H and O–H groups in total. The van der Waals surface area contributed by atoms with E-state index in [1.807, 2.05) is 18.2 Å². The second kappa shape index (κ2) is 15.0. The van der Waals surface area contributed by atoms with Crippen molar-refractivity contribution >= 4 is 11.9 Å². The van der Waals surface area contributed by atoms with Gasteiger partial charge in [0.05, 0.1) is 38.0 Å². The second-order valence-electron chi connectivity index (χ2n) is 12.4. The Labute approximate surface area is 250 Å². The first-order valence-corrected chi connectivity index (χ1v) is 14.3. The zero-order chi connectivity index (χ0) is 31.5. The Morgan fingerprint density at radius 3 is 1.93 bits per heavy atom. The summed E-state index contributed by atoms with van der Waals surface area (Å²) in [7, 11) is 2.62. The minimum Gasteiger partial charge on any atom is -0.465 e. The van der Waals surface area contributed by atoms with Gasteiger partial charge in [-0.2, -0.15) is 10.5 Å². The minimum atomic E-state index is -0.541. The van der Waals surface area contributed by atoms with Crippen LogP contribution in [0.25, 0.3) is 4.85 Å². The number of carbonyl (C=O) groups excluding carboxylic acids is 2. The molecule has 2 rings (SSSR count). The molecule has 0 aliphatic heterocycles. The van der Waals surface area contributed by atoms with Gasteiger partial charge in [0.15, 0.2) is 0 Å². The molecule has 0 aromatic carbocycles. The van der Waals surface area contributed by atoms with Crippen LogP contribution in [-0.2, 0) is 19.1 Å². The highest BCUT2D eigenvalue weighted by Gasteiger charge is 2.37. The third-order valence-corrected chi connectivity index (χ3v) is 7.72. The monoisotopic (exact) mass is 571 g/mol. The van der Waals surface area contributed by atoms with E-state index in [4.69, 9.17) is 16.0 Å². The molecule has 2 aliphatic carbocycles. The number of hydrogen-bond donors (Lipinski definition) is 1. The van der Waals surface area contributed by atoms with E-state index in [0.29, 0.717) is 66.6 Å². The minimum absolute atomic E-state index is 0.0273. The number of rotatable bonds is 11. The molecule has 0 atom stereocenters. The summed E-state index contributed by atoms with van der Waals surface area (Å²) in [5, 5.41) is 31.8. The van der Waals surface area contributed by atoms with Crippen LogP contribution >= 0.6 is 0 Å². The number of ether oxygens (including phenoxy) is 2. The van der Waals surface area contributed by atoms with Gasteiger partial charge in [-0.25, -0.2) is 19.7 Å². The van der Waals surface area contributed by atoms with E-state index in [0.717, 1.165) is 37.7 Å². The first-order chi connectivity index (χ1) is 19.9. The van der Waals surface area contributed by atoms with Gasteiger partial charge < -0.3 is 14.8 Å². The van der Waals surface area contributed by atoms with Crippen molar-refractivity contribution in [1.82, 2.24) is 5.32 Å². The average molecular weight is 572 g/mol. The smallest absolute Gasteiger partial charge is 0.338 e. The lowest BCUT2D eigenvalue weighted by Gasteiger charge is -2.35. The predicted octanol–water partition coefficient (Wildman–Crippen LogP) is 6.49. The van der Waals surface area contributed by atoms with Crippen molar-refractivity contribution in [2.75, 3.05) is 20.8 Å². The lowest BCUT2D eigenvalue weighted by molar-refractivity contribution is -0.136. The molecule has 0 spiro atoms. The molecule has 0 radical (unpaired) electrons. The van der Waals surface area contributed by atoms with Crippen LogP contribution in [0.4, 0.5) is 0 Å². The Kier molecular flexibility index (Phi) is 12.1. The number of unbranched alkanes of at least 4 members (excludes halogenated alkanes) is 4. The van der Waals surface area contributed by atoms with Crippen LogP contribution in [0.1, 0.15) is 91.9 Å². The maximum Gasteiger partial charge on any atom is 0.338 e. The lowest BCUT2D eigenvalue weighted by Crippen LogP contribution is -2.31. The van der Waals surface area contributed by atoms with E-state index >= 15 is 0 Å². The third kappa shape index (κ3) is 8.58. The first-order valence-electron chi connectivity index (χ1n) is 14.3. The SMILES string of the molecule is [C-]#[N+]/C(C#N)=C1\CC(C)(C)CC(NCCCCCCCC2=C(C(=O)OC)C(=C(C#N)C#N)CC(C)(C)C2)=C1C(=O)OC. The topological polar surface area (TPSA) is 140 Å². The van der Waals surface area contributed by atoms with Crippen molar-refractivity contribution in [2.45, 2.75) is 91.9 Å². The van der Waals surface area contributed by atoms with Gasteiger partial charge in [0.25, 0.3) is 5.70 Å². The van der Waals surface area contributed by atoms with Gasteiger partial charge in [-0.1, -0.05) is 52.5 Å². The Hall–Kier alpha value is -4.34. The van der Waals surface area contributed by atoms with Crippen LogP contribution in [0.5, 0.6) is 0 Å². The quantitative estimate of drug-likeness (QED) is 0.128. The summed E-state index contributed by atoms with van der Waals surface area (Å²) in [6.07, 6.45) is 7.57. The fraction of sp³-hybridized carbons (Fsp3) is 0.576. The molecule has 0 fully saturated rings. The maximum atomic E-state index is 12.7. The van der Waals surface area contributed by atoms with Crippen molar-refractivity contribution in [3.05, 3.63) is 56.2 Å². The highest BCUT2D eigenvalue weighted by Crippen LogP contribution is 2.45. The number of methoxy groups -OCH3 is 2. The molecule has 0 saturated heterocycles. The summed E-state index contributed by atoms with van der Waals surface area (Å²) < 4.78 is 10.0. The Morgan fingerprint density at radius 1 is 0.810 bits per heavy atom. The summed E-state index contributed by atoms with van der Waals surface area (Å²) in [4.78, 5) is 28.7. The van der Waals surface area contributed by atoms with E-state index in [1.54, 1.807) is 0 Å². The fourth-order valence-corrected chi connectivity index (χ4v) is 5.94. The molecule has 9 heteroatoms. The zero-order valence-electron chi connectivity index (χ0n) is 25.7. The normalized spacial score (nSPS) is 18.6. The second-order valence-corrected chi connectivity index (χ2v) is 12.4. The van der Waals surface area contributed by atoms with Gasteiger partial charge >= 0.3 is 11.9 Å². The van der Waals surface area contributed by atoms with Crippen molar-refractivity contribution in [3.8, 4) is 18.2 Å². The van der Waals surface area contributed by atoms with Crippen LogP contribution in [0, 0.1) is 51.4 Å². The van der Waals surface area contributed by atoms with Crippen molar-refractivity contribution in [2.24, 2.45) is 10.8 Å². The third-order valence-electron chi connectivity index (χ3n) is 7.72. The average Bonchev–Trinajstić information content (AvgIpc) is 2.93. The maximum absolute atomic E-state index is 12.7. The summed E-state index contributed by atoms with van der Waals surface area (Å²) in [6, 6.07) is 5.84. The van der Waals surface area contributed by atoms with E-state index in [-0.39, 0.29) is 22.1 Å². The van der Waals surface area contributed by atoms with Gasteiger partial charge in [0.1, 0.15) is 17.7 Å². The van der Waals surface area contributed by atoms with Gasteiger partial charge in [0.2, 0.25) is 0 Å². The Balaban J connectivity index is 2.05. The van der Waals surface area contributed by atoms with Crippen LogP contribution in [0.2, 0.25) is 0 Å². The summed E-state index contributed by atoms with van der Waals surface area (Å²) in [5.41, 5.74) is 2.80. The molecule has 0 amide bonds. The van der Waals surface area contributed by atoms with E-state index in [9.17, 15) is 25.4 Å². The zero-order valence-corrected chi connectivity index (χ0v) is 25.7. The van der Waals surface area contributed by atoms with Gasteiger partial charge in [-0.05, 0) is 66.9 Å². The van der Waals surface area contributed by atoms with Crippen molar-refractivity contribution in [1.29, 1.82) is 15.8 Å². The highest BCUT2D eigenvalue weighted by atomic mass is 16.5. The molecule has 0 unspecified atom stereocenters. The standard InChI is InChI=1S/C33H41N5O4/c1-32(2)15-22(28(30(39)41-6)24(16-32)23(19-34)20-35)13-11-9-8-10-12-14-38-26-18-33(3,4)17-25(27(21-36)37-5)29(26)31(40)42-7/h38H,8-18H2,1-4,6-7H3/b27-25+. The molecule has 42 heavy (non-hydrogen) atoms. The molecule has 0 bridgehead atoms. The molecule has 2 aliphatic rings. The number of allylic oxidation sites excluding steroid dienone is 4. The Bertz CT molecular complexity index is 1240. The lowest BCUT2D eigenvalue weighted by atomic mass is 9.69. The van der Waals surface area contributed by atoms with Crippen LogP contribution in [-0.4, -0.2) is 32.7 Å². The summed E-state index contributed by atoms with van der Waals surface area (Å²) in [6.45, 7) is 16.3. The Morgan fingerprint density at radius 2 is 1.36 bits per heavy atom. The molecule has 0 heterocycles. The summed E-state index contributed by atoms with van der Waals surface area (Å²) in [5.74, 6) is -1.03. The van der Waals surface area contributed by atoms with Crippen molar-refractivity contribution in [3.63, 3.8) is 0 Å². The molecular formula is C33H41N5O4. The van der Waals surface area contributed by atoms with Gasteiger partial charge in [-0.15, -0.1) is 0 Å². The van der Waals surface area contributed by atoms with E-state index in [2.05, 4.69) is 37.9 Å². The van der Waals surface area contributed by atoms with Crippen molar-refractivity contribution < 1.29 is 19.1 Å². The number of nitrogens with one attached hydrogen (secondary N) is 1. The number of nitriles is 3. The molecule has 0 aromatic heterocycles. The van der Waals surface area contributed by atoms with E-state index in [1.165, 1.54) is 14.2 Å². The first kappa shape index (κ1) is 33.9. The highest BCUT2D eigenvalue weighted by molar-refractivity contribution is 5.96. The number of hydrogen-bond acceptors (Lipinski definition) is 8. The molecule has 9 nitrogen and oxygen atoms in total. The molecular weight excluding hydrogens is 530 g/mol. The number of carbonyl (C=O) groups is 2. The molecule has 222 valence electrons. The molecule has 0 saturated carbocycles. The van der Waals surface area contributed by atoms with Crippen LogP contribution < -0.4 is 5.32 Å². The van der Waals surface area contributed by atoms with Gasteiger partial charge in [-0.3, -0.25) is 0 Å². The number of esters is 2. The van der Waals surface area contributed by atoms with E-state index < -0.39 is 11.9 Å². The molecule has 0 aromatic rings. The number of nitrogens with zero attached hydrogens (tertiary/aromatic N) is 4.